The summed E-state index contributed by atoms with van der Waals surface area (Å²) < 4.78 is 5.28. The number of pyridine rings is 1. The number of ether oxygens (including phenoxy) is 1. The largest absolute Gasteiger partial charge is 0.379 e. The highest BCUT2D eigenvalue weighted by molar-refractivity contribution is 5.39. The summed E-state index contributed by atoms with van der Waals surface area (Å²) >= 11 is 0. The van der Waals surface area contributed by atoms with Crippen molar-refractivity contribution in [2.45, 2.75) is 34.1 Å². The van der Waals surface area contributed by atoms with E-state index in [1.54, 1.807) is 6.07 Å². The predicted octanol–water partition coefficient (Wildman–Crippen LogP) is 3.18. The third-order valence-corrected chi connectivity index (χ3v) is 3.02. The molecule has 1 aliphatic rings. The number of hydrogen-bond acceptors (Lipinski definition) is 6. The summed E-state index contributed by atoms with van der Waals surface area (Å²) in [4.78, 5) is 16.4. The molecule has 0 radical (unpaired) electrons. The highest BCUT2D eigenvalue weighted by Crippen LogP contribution is 2.11. The van der Waals surface area contributed by atoms with E-state index in [-0.39, 0.29) is 5.69 Å². The zero-order valence-corrected chi connectivity index (χ0v) is 14.7. The first-order valence-electron chi connectivity index (χ1n) is 8.40. The van der Waals surface area contributed by atoms with E-state index in [2.05, 4.69) is 15.2 Å². The first kappa shape index (κ1) is 21.3. The fraction of sp³-hybridized carbons (Fsp3) is 0.688. The normalized spacial score (nSPS) is 13.9. The number of nitro groups is 1. The van der Waals surface area contributed by atoms with Gasteiger partial charge >= 0.3 is 0 Å². The molecule has 0 unspecified atom stereocenters. The van der Waals surface area contributed by atoms with Gasteiger partial charge in [-0.15, -0.1) is 0 Å². The minimum atomic E-state index is -0.449. The van der Waals surface area contributed by atoms with Gasteiger partial charge in [0.1, 0.15) is 12.0 Å². The highest BCUT2D eigenvalue weighted by Gasteiger charge is 2.09. The van der Waals surface area contributed by atoms with Crippen LogP contribution in [0.5, 0.6) is 0 Å². The lowest BCUT2D eigenvalue weighted by Crippen LogP contribution is -2.37. The van der Waals surface area contributed by atoms with Crippen molar-refractivity contribution < 1.29 is 9.66 Å². The minimum absolute atomic E-state index is 0.0128. The maximum Gasteiger partial charge on any atom is 0.287 e. The van der Waals surface area contributed by atoms with Crippen molar-refractivity contribution in [3.05, 3.63) is 28.4 Å². The van der Waals surface area contributed by atoms with Gasteiger partial charge < -0.3 is 10.1 Å². The van der Waals surface area contributed by atoms with Crippen molar-refractivity contribution in [3.8, 4) is 0 Å². The van der Waals surface area contributed by atoms with Crippen molar-refractivity contribution >= 4 is 11.5 Å². The minimum Gasteiger partial charge on any atom is -0.379 e. The van der Waals surface area contributed by atoms with E-state index in [9.17, 15) is 10.1 Å². The number of aromatic nitrogens is 1. The Morgan fingerprint density at radius 3 is 2.43 bits per heavy atom. The summed E-state index contributed by atoms with van der Waals surface area (Å²) in [6.45, 7) is 13.5. The molecule has 2 rings (SSSR count). The molecule has 1 aliphatic heterocycles. The average Bonchev–Trinajstić information content (AvgIpc) is 2.63. The molecule has 0 aromatic carbocycles. The van der Waals surface area contributed by atoms with Gasteiger partial charge in [-0.2, -0.15) is 0 Å². The molecule has 2 heterocycles. The van der Waals surface area contributed by atoms with E-state index in [0.29, 0.717) is 5.82 Å². The van der Waals surface area contributed by atoms with Gasteiger partial charge in [0.15, 0.2) is 0 Å². The number of nitrogens with one attached hydrogen (secondary N) is 1. The quantitative estimate of drug-likeness (QED) is 0.491. The topological polar surface area (TPSA) is 80.5 Å². The third kappa shape index (κ3) is 9.10. The summed E-state index contributed by atoms with van der Waals surface area (Å²) in [6, 6.07) is 3.09. The molecule has 1 aromatic rings. The lowest BCUT2D eigenvalue weighted by molar-refractivity contribution is -0.385. The second kappa shape index (κ2) is 13.9. The SMILES string of the molecule is CC.CC.O=[N+]([O-])c1ccc(NCCCN2CCOCC2)nc1. The van der Waals surface area contributed by atoms with E-state index in [1.165, 1.54) is 12.3 Å². The van der Waals surface area contributed by atoms with Gasteiger partial charge in [-0.3, -0.25) is 15.0 Å². The standard InChI is InChI=1S/C12H18N4O3.2C2H6/c17-16(18)11-2-3-12(14-10-11)13-4-1-5-15-6-8-19-9-7-15;2*1-2/h2-3,10H,1,4-9H2,(H,13,14);2*1-2H3. The number of morpholine rings is 1. The molecule has 0 bridgehead atoms. The van der Waals surface area contributed by atoms with Gasteiger partial charge in [0.25, 0.3) is 5.69 Å². The van der Waals surface area contributed by atoms with Crippen LogP contribution in [0.4, 0.5) is 11.5 Å². The molecule has 0 amide bonds. The van der Waals surface area contributed by atoms with Gasteiger partial charge in [0, 0.05) is 25.7 Å². The van der Waals surface area contributed by atoms with Gasteiger partial charge in [0.2, 0.25) is 0 Å². The van der Waals surface area contributed by atoms with Crippen LogP contribution >= 0.6 is 0 Å². The van der Waals surface area contributed by atoms with Gasteiger partial charge in [-0.05, 0) is 19.0 Å². The van der Waals surface area contributed by atoms with E-state index in [0.717, 1.165) is 45.8 Å². The Balaban J connectivity index is 0.00000112. The Morgan fingerprint density at radius 2 is 1.91 bits per heavy atom. The van der Waals surface area contributed by atoms with Crippen LogP contribution < -0.4 is 5.32 Å². The Bertz CT molecular complexity index is 406. The van der Waals surface area contributed by atoms with Gasteiger partial charge in [0.05, 0.1) is 18.1 Å². The molecule has 7 nitrogen and oxygen atoms in total. The Morgan fingerprint density at radius 1 is 1.26 bits per heavy atom. The second-order valence-electron chi connectivity index (χ2n) is 4.39. The first-order valence-corrected chi connectivity index (χ1v) is 8.40. The predicted molar refractivity (Wildman–Crippen MR) is 94.0 cm³/mol. The molecule has 132 valence electrons. The van der Waals surface area contributed by atoms with Crippen LogP contribution in [0.2, 0.25) is 0 Å². The van der Waals surface area contributed by atoms with E-state index in [1.807, 2.05) is 27.7 Å². The van der Waals surface area contributed by atoms with Crippen molar-refractivity contribution in [1.29, 1.82) is 0 Å². The Labute approximate surface area is 139 Å². The number of hydrogen-bond donors (Lipinski definition) is 1. The van der Waals surface area contributed by atoms with Crippen molar-refractivity contribution in [2.24, 2.45) is 0 Å². The molecule has 0 atom stereocenters. The van der Waals surface area contributed by atoms with Gasteiger partial charge in [-0.1, -0.05) is 27.7 Å². The van der Waals surface area contributed by atoms with Crippen LogP contribution in [0.25, 0.3) is 0 Å². The highest BCUT2D eigenvalue weighted by atomic mass is 16.6. The number of rotatable bonds is 6. The fourth-order valence-corrected chi connectivity index (χ4v) is 1.94. The smallest absolute Gasteiger partial charge is 0.287 e. The zero-order chi connectivity index (χ0) is 17.5. The van der Waals surface area contributed by atoms with E-state index in [4.69, 9.17) is 4.74 Å². The molecular formula is C16H30N4O3. The van der Waals surface area contributed by atoms with Crippen molar-refractivity contribution in [2.75, 3.05) is 44.7 Å². The first-order chi connectivity index (χ1) is 11.3. The van der Waals surface area contributed by atoms with E-state index < -0.39 is 4.92 Å². The lowest BCUT2D eigenvalue weighted by atomic mass is 10.3. The summed E-state index contributed by atoms with van der Waals surface area (Å²) in [5.74, 6) is 0.674. The molecule has 1 saturated heterocycles. The lowest BCUT2D eigenvalue weighted by Gasteiger charge is -2.26. The van der Waals surface area contributed by atoms with Crippen LogP contribution in [0.3, 0.4) is 0 Å². The molecule has 0 aliphatic carbocycles. The Hall–Kier alpha value is -1.73. The van der Waals surface area contributed by atoms with Crippen LogP contribution in [0, 0.1) is 10.1 Å². The van der Waals surface area contributed by atoms with Crippen molar-refractivity contribution in [1.82, 2.24) is 9.88 Å². The molecule has 0 spiro atoms. The molecule has 7 heteroatoms. The van der Waals surface area contributed by atoms with E-state index >= 15 is 0 Å². The van der Waals surface area contributed by atoms with Crippen LogP contribution in [-0.4, -0.2) is 54.2 Å². The number of nitrogens with zero attached hydrogens (tertiary/aromatic N) is 3. The fourth-order valence-electron chi connectivity index (χ4n) is 1.94. The van der Waals surface area contributed by atoms with Crippen LogP contribution in [-0.2, 0) is 4.74 Å². The Kier molecular flexibility index (Phi) is 12.9. The molecule has 1 fully saturated rings. The monoisotopic (exact) mass is 326 g/mol. The molecule has 0 saturated carbocycles. The summed E-state index contributed by atoms with van der Waals surface area (Å²) in [7, 11) is 0. The molecule has 23 heavy (non-hydrogen) atoms. The summed E-state index contributed by atoms with van der Waals surface area (Å²) in [6.07, 6.45) is 2.28. The summed E-state index contributed by atoms with van der Waals surface area (Å²) in [5.41, 5.74) is 0.0128. The maximum atomic E-state index is 10.5. The molecule has 1 N–H and O–H groups in total. The van der Waals surface area contributed by atoms with Crippen molar-refractivity contribution in [3.63, 3.8) is 0 Å². The van der Waals surface area contributed by atoms with Crippen LogP contribution in [0.1, 0.15) is 34.1 Å². The zero-order valence-electron chi connectivity index (χ0n) is 14.7. The maximum absolute atomic E-state index is 10.5. The second-order valence-corrected chi connectivity index (χ2v) is 4.39. The third-order valence-electron chi connectivity index (χ3n) is 3.02. The van der Waals surface area contributed by atoms with Crippen LogP contribution in [0.15, 0.2) is 18.3 Å². The van der Waals surface area contributed by atoms with Gasteiger partial charge in [-0.25, -0.2) is 4.98 Å². The number of anilines is 1. The molecule has 1 aromatic heterocycles. The average molecular weight is 326 g/mol. The molecular weight excluding hydrogens is 296 g/mol. The summed E-state index contributed by atoms with van der Waals surface area (Å²) in [5, 5.41) is 13.6.